The van der Waals surface area contributed by atoms with Gasteiger partial charge in [-0.3, -0.25) is 14.3 Å². The number of nitrogens with zero attached hydrogens (tertiary/aromatic N) is 5. The number of hydrogen-bond donors (Lipinski definition) is 1. The number of pyridine rings is 1. The fourth-order valence-electron chi connectivity index (χ4n) is 4.49. The summed E-state index contributed by atoms with van der Waals surface area (Å²) in [4.78, 5) is 29.7. The van der Waals surface area contributed by atoms with Crippen molar-refractivity contribution in [3.63, 3.8) is 0 Å². The lowest BCUT2D eigenvalue weighted by Gasteiger charge is -2.28. The van der Waals surface area contributed by atoms with Crippen molar-refractivity contribution in [2.45, 2.75) is 24.7 Å². The van der Waals surface area contributed by atoms with Gasteiger partial charge in [0.2, 0.25) is 5.88 Å². The van der Waals surface area contributed by atoms with Crippen LogP contribution in [-0.2, 0) is 4.79 Å². The first-order valence-corrected chi connectivity index (χ1v) is 8.96. The van der Waals surface area contributed by atoms with Crippen molar-refractivity contribution in [1.82, 2.24) is 19.0 Å². The van der Waals surface area contributed by atoms with Gasteiger partial charge in [0.15, 0.2) is 0 Å². The SMILES string of the molecule is N#Cc1ccc(-n2c(O)c3n(c2=O)[C@H]2C[C@@H]3N(C(=O)C(F)(F)F)C2)c2cccnc12. The first kappa shape index (κ1) is 18.2. The standard InChI is InChI=1S/C19H12F3N5O3/c20-19(21,22)17(29)25-8-10-6-13(25)15-16(28)27(18(30)26(10)15)12-4-3-9(7-23)14-11(12)2-1-5-24-14/h1-5,10,13,28H,6,8H2/t10-,13-/m0/s1. The number of carbonyl (C=O) groups is 1. The topological polar surface area (TPSA) is 104 Å². The number of alkyl halides is 3. The summed E-state index contributed by atoms with van der Waals surface area (Å²) < 4.78 is 41.0. The van der Waals surface area contributed by atoms with E-state index in [-0.39, 0.29) is 29.9 Å². The van der Waals surface area contributed by atoms with E-state index in [0.717, 1.165) is 4.57 Å². The van der Waals surface area contributed by atoms with E-state index in [1.807, 2.05) is 6.07 Å². The van der Waals surface area contributed by atoms with Crippen LogP contribution >= 0.6 is 0 Å². The number of fused-ring (bicyclic) bond motifs is 6. The molecule has 0 aliphatic carbocycles. The number of carbonyl (C=O) groups excluding carboxylic acids is 1. The molecular weight excluding hydrogens is 403 g/mol. The summed E-state index contributed by atoms with van der Waals surface area (Å²) in [5, 5.41) is 20.5. The van der Waals surface area contributed by atoms with Gasteiger partial charge in [0, 0.05) is 18.1 Å². The molecule has 2 atom stereocenters. The molecular formula is C19H12F3N5O3. The number of imidazole rings is 1. The second kappa shape index (κ2) is 5.85. The molecule has 1 saturated heterocycles. The first-order valence-electron chi connectivity index (χ1n) is 8.96. The minimum absolute atomic E-state index is 0.0183. The first-order chi connectivity index (χ1) is 14.2. The van der Waals surface area contributed by atoms with Crippen LogP contribution in [0.15, 0.2) is 35.3 Å². The highest BCUT2D eigenvalue weighted by Gasteiger charge is 2.54. The number of hydrogen-bond acceptors (Lipinski definition) is 5. The fourth-order valence-corrected chi connectivity index (χ4v) is 4.49. The number of halogens is 3. The quantitative estimate of drug-likeness (QED) is 0.656. The largest absolute Gasteiger partial charge is 0.493 e. The zero-order valence-corrected chi connectivity index (χ0v) is 15.1. The van der Waals surface area contributed by atoms with Gasteiger partial charge in [-0.25, -0.2) is 9.36 Å². The second-order valence-corrected chi connectivity index (χ2v) is 7.20. The van der Waals surface area contributed by atoms with Crippen LogP contribution in [0.5, 0.6) is 5.88 Å². The summed E-state index contributed by atoms with van der Waals surface area (Å²) in [5.74, 6) is -2.52. The summed E-state index contributed by atoms with van der Waals surface area (Å²) in [6.07, 6.45) is -3.42. The molecule has 0 radical (unpaired) electrons. The zero-order valence-electron chi connectivity index (χ0n) is 15.1. The molecule has 0 saturated carbocycles. The number of amides is 1. The minimum atomic E-state index is -5.04. The Morgan fingerprint density at radius 3 is 2.77 bits per heavy atom. The average molecular weight is 415 g/mol. The van der Waals surface area contributed by atoms with Crippen LogP contribution in [0.25, 0.3) is 16.6 Å². The van der Waals surface area contributed by atoms with E-state index < -0.39 is 35.7 Å². The van der Waals surface area contributed by atoms with Crippen molar-refractivity contribution in [3.8, 4) is 17.6 Å². The van der Waals surface area contributed by atoms with Gasteiger partial charge in [0.25, 0.3) is 0 Å². The molecule has 1 aromatic carbocycles. The number of aromatic nitrogens is 3. The molecule has 3 aromatic rings. The van der Waals surface area contributed by atoms with E-state index in [1.165, 1.54) is 22.9 Å². The van der Waals surface area contributed by atoms with Crippen LogP contribution in [0, 0.1) is 11.3 Å². The summed E-state index contributed by atoms with van der Waals surface area (Å²) >= 11 is 0. The van der Waals surface area contributed by atoms with Crippen molar-refractivity contribution in [2.75, 3.05) is 6.54 Å². The van der Waals surface area contributed by atoms with Crippen LogP contribution in [0.1, 0.15) is 29.8 Å². The highest BCUT2D eigenvalue weighted by molar-refractivity contribution is 5.91. The molecule has 1 fully saturated rings. The van der Waals surface area contributed by atoms with E-state index in [1.54, 1.807) is 12.1 Å². The molecule has 1 N–H and O–H groups in total. The van der Waals surface area contributed by atoms with Crippen molar-refractivity contribution in [3.05, 3.63) is 52.2 Å². The Morgan fingerprint density at radius 2 is 2.07 bits per heavy atom. The molecule has 4 heterocycles. The van der Waals surface area contributed by atoms with E-state index >= 15 is 0 Å². The third kappa shape index (κ3) is 2.24. The van der Waals surface area contributed by atoms with E-state index in [9.17, 15) is 33.1 Å². The molecule has 2 aliphatic rings. The molecule has 2 bridgehead atoms. The number of likely N-dealkylation sites (tertiary alicyclic amines) is 1. The Morgan fingerprint density at radius 1 is 1.30 bits per heavy atom. The summed E-state index contributed by atoms with van der Waals surface area (Å²) in [5.41, 5.74) is 0.205. The highest BCUT2D eigenvalue weighted by atomic mass is 19.4. The molecule has 2 aliphatic heterocycles. The zero-order chi connectivity index (χ0) is 21.4. The van der Waals surface area contributed by atoms with Gasteiger partial charge in [0.05, 0.1) is 28.9 Å². The van der Waals surface area contributed by atoms with Gasteiger partial charge >= 0.3 is 17.8 Å². The predicted octanol–water partition coefficient (Wildman–Crippen LogP) is 2.15. The summed E-state index contributed by atoms with van der Waals surface area (Å²) in [6, 6.07) is 6.46. The maximum absolute atomic E-state index is 13.1. The smallest absolute Gasteiger partial charge is 0.471 e. The lowest BCUT2D eigenvalue weighted by molar-refractivity contribution is -0.187. The predicted molar refractivity (Wildman–Crippen MR) is 95.9 cm³/mol. The van der Waals surface area contributed by atoms with Crippen LogP contribution in [0.4, 0.5) is 13.2 Å². The van der Waals surface area contributed by atoms with Gasteiger partial charge in [-0.1, -0.05) is 0 Å². The van der Waals surface area contributed by atoms with E-state index in [0.29, 0.717) is 15.8 Å². The van der Waals surface area contributed by atoms with Crippen LogP contribution in [0.2, 0.25) is 0 Å². The Bertz CT molecular complexity index is 1330. The molecule has 152 valence electrons. The van der Waals surface area contributed by atoms with E-state index in [2.05, 4.69) is 4.98 Å². The second-order valence-electron chi connectivity index (χ2n) is 7.20. The molecule has 0 spiro atoms. The molecule has 1 amide bonds. The summed E-state index contributed by atoms with van der Waals surface area (Å²) in [7, 11) is 0. The average Bonchev–Trinajstić information content (AvgIpc) is 3.37. The van der Waals surface area contributed by atoms with Gasteiger partial charge in [-0.2, -0.15) is 18.4 Å². The molecule has 2 aromatic heterocycles. The molecule has 5 rings (SSSR count). The molecule has 8 nitrogen and oxygen atoms in total. The van der Waals surface area contributed by atoms with Crippen molar-refractivity contribution < 1.29 is 23.1 Å². The van der Waals surface area contributed by atoms with Crippen LogP contribution in [-0.4, -0.2) is 42.8 Å². The van der Waals surface area contributed by atoms with Gasteiger partial charge in [-0.05, 0) is 30.7 Å². The maximum Gasteiger partial charge on any atom is 0.471 e. The van der Waals surface area contributed by atoms with Gasteiger partial charge in [0.1, 0.15) is 11.8 Å². The minimum Gasteiger partial charge on any atom is -0.493 e. The molecule has 30 heavy (non-hydrogen) atoms. The number of aromatic hydroxyl groups is 1. The van der Waals surface area contributed by atoms with Crippen LogP contribution in [0.3, 0.4) is 0 Å². The Labute approximate surface area is 166 Å². The van der Waals surface area contributed by atoms with Crippen LogP contribution < -0.4 is 5.69 Å². The Hall–Kier alpha value is -3.81. The lowest BCUT2D eigenvalue weighted by atomic mass is 10.1. The molecule has 0 unspecified atom stereocenters. The van der Waals surface area contributed by atoms with Crippen molar-refractivity contribution in [2.24, 2.45) is 0 Å². The van der Waals surface area contributed by atoms with Crippen molar-refractivity contribution in [1.29, 1.82) is 5.26 Å². The highest BCUT2D eigenvalue weighted by Crippen LogP contribution is 2.49. The van der Waals surface area contributed by atoms with Crippen molar-refractivity contribution >= 4 is 16.8 Å². The van der Waals surface area contributed by atoms with Gasteiger partial charge in [-0.15, -0.1) is 0 Å². The number of benzene rings is 1. The normalized spacial score (nSPS) is 19.9. The Balaban J connectivity index is 1.70. The Kier molecular flexibility index (Phi) is 3.56. The number of nitriles is 1. The third-order valence-corrected chi connectivity index (χ3v) is 5.67. The van der Waals surface area contributed by atoms with E-state index in [4.69, 9.17) is 0 Å². The fraction of sp³-hybridized carbons (Fsp3) is 0.263. The third-order valence-electron chi connectivity index (χ3n) is 5.67. The summed E-state index contributed by atoms with van der Waals surface area (Å²) in [6.45, 7) is -0.255. The molecule has 11 heteroatoms. The number of rotatable bonds is 1. The van der Waals surface area contributed by atoms with Gasteiger partial charge < -0.3 is 10.0 Å². The maximum atomic E-state index is 13.1. The lowest BCUT2D eigenvalue weighted by Crippen LogP contribution is -2.44. The monoisotopic (exact) mass is 415 g/mol.